The monoisotopic (exact) mass is 459 g/mol. The van der Waals surface area contributed by atoms with Gasteiger partial charge in [0, 0.05) is 47.2 Å². The van der Waals surface area contributed by atoms with Crippen LogP contribution in [0.1, 0.15) is 40.3 Å². The van der Waals surface area contributed by atoms with Crippen molar-refractivity contribution in [1.29, 1.82) is 0 Å². The number of fused-ring (bicyclic) bond motifs is 3. The van der Waals surface area contributed by atoms with Crippen molar-refractivity contribution >= 4 is 28.4 Å². The second-order valence-electron chi connectivity index (χ2n) is 9.29. The molecule has 1 spiro atoms. The predicted molar refractivity (Wildman–Crippen MR) is 129 cm³/mol. The minimum absolute atomic E-state index is 0.142. The third-order valence-corrected chi connectivity index (χ3v) is 7.12. The number of nitrogens with one attached hydrogen (secondary N) is 5. The van der Waals surface area contributed by atoms with E-state index in [1.165, 1.54) is 6.07 Å². The molecule has 3 aromatic heterocycles. The van der Waals surface area contributed by atoms with Crippen LogP contribution >= 0.6 is 0 Å². The molecule has 1 aromatic carbocycles. The number of aryl methyl sites for hydroxylation is 1. The average Bonchev–Trinajstić information content (AvgIpc) is 3.41. The minimum Gasteiger partial charge on any atom is -0.355 e. The summed E-state index contributed by atoms with van der Waals surface area (Å²) >= 11 is 0. The number of amides is 1. The second-order valence-corrected chi connectivity index (χ2v) is 9.29. The number of nitrogens with zero attached hydrogens (tertiary/aromatic N) is 2. The Bertz CT molecular complexity index is 1430. The zero-order chi connectivity index (χ0) is 23.4. The maximum atomic E-state index is 14.4. The molecule has 0 aliphatic carbocycles. The van der Waals surface area contributed by atoms with Gasteiger partial charge in [0.1, 0.15) is 11.6 Å². The van der Waals surface area contributed by atoms with Crippen molar-refractivity contribution in [3.63, 3.8) is 0 Å². The number of H-pyrrole nitrogens is 2. The van der Waals surface area contributed by atoms with Gasteiger partial charge in [-0.1, -0.05) is 6.07 Å². The number of carbonyl (C=O) groups excluding carboxylic acids is 1. The zero-order valence-electron chi connectivity index (χ0n) is 19.1. The third-order valence-electron chi connectivity index (χ3n) is 7.12. The largest absolute Gasteiger partial charge is 0.355 e. The third kappa shape index (κ3) is 3.11. The lowest BCUT2D eigenvalue weighted by Gasteiger charge is -2.40. The first-order chi connectivity index (χ1) is 16.5. The molecule has 5 N–H and O–H groups in total. The van der Waals surface area contributed by atoms with Crippen molar-refractivity contribution in [3.8, 4) is 11.3 Å². The van der Waals surface area contributed by atoms with Crippen molar-refractivity contribution in [2.75, 3.05) is 25.0 Å². The van der Waals surface area contributed by atoms with Crippen LogP contribution in [0.15, 0.2) is 30.5 Å². The van der Waals surface area contributed by atoms with Gasteiger partial charge in [0.25, 0.3) is 5.91 Å². The second kappa shape index (κ2) is 7.66. The molecular weight excluding hydrogens is 433 g/mol. The molecule has 6 rings (SSSR count). The van der Waals surface area contributed by atoms with E-state index in [-0.39, 0.29) is 17.1 Å². The molecule has 34 heavy (non-hydrogen) atoms. The maximum absolute atomic E-state index is 14.4. The fourth-order valence-corrected chi connectivity index (χ4v) is 5.32. The summed E-state index contributed by atoms with van der Waals surface area (Å²) in [5, 5.41) is 10.0. The Balaban J connectivity index is 1.62. The number of anilines is 2. The number of hydrogen-bond acceptors (Lipinski definition) is 5. The van der Waals surface area contributed by atoms with Crippen molar-refractivity contribution in [2.45, 2.75) is 32.1 Å². The van der Waals surface area contributed by atoms with Gasteiger partial charge in [0.2, 0.25) is 0 Å². The Morgan fingerprint density at radius 2 is 2.03 bits per heavy atom. The van der Waals surface area contributed by atoms with Gasteiger partial charge in [-0.25, -0.2) is 14.4 Å². The van der Waals surface area contributed by atoms with Crippen LogP contribution < -0.4 is 16.0 Å². The van der Waals surface area contributed by atoms with Crippen LogP contribution in [0.4, 0.5) is 15.8 Å². The summed E-state index contributed by atoms with van der Waals surface area (Å²) < 4.78 is 14.4. The molecule has 1 saturated heterocycles. The molecule has 5 heterocycles. The Morgan fingerprint density at radius 3 is 2.85 bits per heavy atom. The summed E-state index contributed by atoms with van der Waals surface area (Å²) in [6.45, 7) is 5.92. The number of imidazole rings is 1. The van der Waals surface area contributed by atoms with Gasteiger partial charge in [0.05, 0.1) is 22.5 Å². The van der Waals surface area contributed by atoms with E-state index in [9.17, 15) is 9.18 Å². The molecule has 9 heteroatoms. The SMILES string of the molecule is Cc1nc2nccc(-c3[nH]c4c(c3Nc3cccc(F)c3C)C(=O)NC[C@@]43CCCNC3)c2[nH]1. The Morgan fingerprint density at radius 1 is 1.15 bits per heavy atom. The number of pyridine rings is 1. The molecule has 0 saturated carbocycles. The molecule has 2 aliphatic heterocycles. The highest BCUT2D eigenvalue weighted by molar-refractivity contribution is 6.08. The molecule has 2 aliphatic rings. The quantitative estimate of drug-likeness (QED) is 0.320. The van der Waals surface area contributed by atoms with Crippen molar-refractivity contribution in [3.05, 3.63) is 58.9 Å². The topological polar surface area (TPSA) is 111 Å². The van der Waals surface area contributed by atoms with Crippen molar-refractivity contribution < 1.29 is 9.18 Å². The Hall–Kier alpha value is -3.72. The fourth-order valence-electron chi connectivity index (χ4n) is 5.32. The molecule has 1 fully saturated rings. The van der Waals surface area contributed by atoms with E-state index in [1.54, 1.807) is 19.2 Å². The van der Waals surface area contributed by atoms with Gasteiger partial charge in [-0.2, -0.15) is 0 Å². The number of benzene rings is 1. The van der Waals surface area contributed by atoms with Crippen LogP contribution in [0.25, 0.3) is 22.4 Å². The van der Waals surface area contributed by atoms with Gasteiger partial charge >= 0.3 is 0 Å². The van der Waals surface area contributed by atoms with Crippen LogP contribution in [0, 0.1) is 19.7 Å². The highest BCUT2D eigenvalue weighted by Crippen LogP contribution is 2.45. The maximum Gasteiger partial charge on any atom is 0.255 e. The lowest BCUT2D eigenvalue weighted by Crippen LogP contribution is -2.54. The fraction of sp³-hybridized carbons (Fsp3) is 0.320. The molecule has 8 nitrogen and oxygen atoms in total. The summed E-state index contributed by atoms with van der Waals surface area (Å²) in [7, 11) is 0. The molecule has 0 radical (unpaired) electrons. The zero-order valence-corrected chi connectivity index (χ0v) is 19.1. The van der Waals surface area contributed by atoms with Crippen LogP contribution in [0.5, 0.6) is 0 Å². The summed E-state index contributed by atoms with van der Waals surface area (Å²) in [5.74, 6) is 0.313. The van der Waals surface area contributed by atoms with Gasteiger partial charge < -0.3 is 25.9 Å². The number of aromatic nitrogens is 4. The van der Waals surface area contributed by atoms with Gasteiger partial charge in [-0.15, -0.1) is 0 Å². The van der Waals surface area contributed by atoms with E-state index in [2.05, 4.69) is 35.9 Å². The smallest absolute Gasteiger partial charge is 0.255 e. The van der Waals surface area contributed by atoms with E-state index in [1.807, 2.05) is 19.1 Å². The van der Waals surface area contributed by atoms with E-state index in [0.717, 1.165) is 54.2 Å². The average molecular weight is 460 g/mol. The number of hydrogen-bond donors (Lipinski definition) is 5. The lowest BCUT2D eigenvalue weighted by atomic mass is 9.74. The predicted octanol–water partition coefficient (Wildman–Crippen LogP) is 3.82. The summed E-state index contributed by atoms with van der Waals surface area (Å²) in [5.41, 5.74) is 5.99. The van der Waals surface area contributed by atoms with Crippen LogP contribution in [-0.4, -0.2) is 45.5 Å². The van der Waals surface area contributed by atoms with Crippen molar-refractivity contribution in [2.24, 2.45) is 0 Å². The van der Waals surface area contributed by atoms with Gasteiger partial charge in [-0.3, -0.25) is 4.79 Å². The molecule has 0 bridgehead atoms. The lowest BCUT2D eigenvalue weighted by molar-refractivity contribution is 0.0916. The van der Waals surface area contributed by atoms with E-state index in [0.29, 0.717) is 34.7 Å². The minimum atomic E-state index is -0.302. The van der Waals surface area contributed by atoms with E-state index in [4.69, 9.17) is 0 Å². The molecule has 1 atom stereocenters. The first-order valence-electron chi connectivity index (χ1n) is 11.6. The highest BCUT2D eigenvalue weighted by Gasteiger charge is 2.44. The van der Waals surface area contributed by atoms with Crippen molar-refractivity contribution in [1.82, 2.24) is 30.6 Å². The molecule has 4 aromatic rings. The normalized spacial score (nSPS) is 19.9. The summed E-state index contributed by atoms with van der Waals surface area (Å²) in [4.78, 5) is 29.1. The van der Waals surface area contributed by atoms with E-state index < -0.39 is 0 Å². The Kier molecular flexibility index (Phi) is 4.70. The van der Waals surface area contributed by atoms with Gasteiger partial charge in [0.15, 0.2) is 5.65 Å². The molecule has 1 amide bonds. The number of halogens is 1. The summed E-state index contributed by atoms with van der Waals surface area (Å²) in [6, 6.07) is 6.83. The number of aromatic amines is 2. The van der Waals surface area contributed by atoms with Crippen LogP contribution in [0.2, 0.25) is 0 Å². The molecular formula is C25H26FN7O. The number of carbonyl (C=O) groups is 1. The number of piperidine rings is 1. The number of rotatable bonds is 3. The summed E-state index contributed by atoms with van der Waals surface area (Å²) in [6.07, 6.45) is 3.70. The van der Waals surface area contributed by atoms with Crippen LogP contribution in [-0.2, 0) is 5.41 Å². The molecule has 174 valence electrons. The van der Waals surface area contributed by atoms with E-state index >= 15 is 0 Å². The highest BCUT2D eigenvalue weighted by atomic mass is 19.1. The first-order valence-corrected chi connectivity index (χ1v) is 11.6. The standard InChI is InChI=1S/C25H26FN7O/c1-13-16(26)5-3-6-17(13)32-21-18-22(25(12-29-24(18)34)8-4-9-27-11-25)33-19(21)15-7-10-28-23-20(15)30-14(2)31-23/h3,5-7,10,27,32-33H,4,8-9,11-12H2,1-2H3,(H,29,34)(H,28,30,31)/t25-/m0/s1. The Labute approximate surface area is 195 Å². The van der Waals surface area contributed by atoms with Crippen LogP contribution in [0.3, 0.4) is 0 Å². The molecule has 0 unspecified atom stereocenters. The first kappa shape index (κ1) is 20.9. The van der Waals surface area contributed by atoms with Gasteiger partial charge in [-0.05, 0) is 51.4 Å².